The Morgan fingerprint density at radius 2 is 2.14 bits per heavy atom. The van der Waals surface area contributed by atoms with Crippen LogP contribution in [0.2, 0.25) is 5.02 Å². The lowest BCUT2D eigenvalue weighted by atomic mass is 9.85. The molecule has 1 fully saturated rings. The number of methoxy groups -OCH3 is 1. The van der Waals surface area contributed by atoms with E-state index in [-0.39, 0.29) is 17.9 Å². The molecule has 1 aliphatic carbocycles. The summed E-state index contributed by atoms with van der Waals surface area (Å²) in [6, 6.07) is 4.71. The van der Waals surface area contributed by atoms with Crippen LogP contribution < -0.4 is 10.1 Å². The maximum absolute atomic E-state index is 12.3. The van der Waals surface area contributed by atoms with Gasteiger partial charge in [-0.25, -0.2) is 0 Å². The molecule has 0 saturated heterocycles. The molecule has 6 heteroatoms. The van der Waals surface area contributed by atoms with Crippen molar-refractivity contribution in [3.05, 3.63) is 28.8 Å². The second kappa shape index (κ2) is 6.80. The number of amides is 1. The van der Waals surface area contributed by atoms with Crippen molar-refractivity contribution >= 4 is 23.5 Å². The summed E-state index contributed by atoms with van der Waals surface area (Å²) in [4.78, 5) is 23.4. The molecule has 1 amide bonds. The van der Waals surface area contributed by atoms with Crippen LogP contribution in [0.1, 0.15) is 36.0 Å². The first-order valence-corrected chi connectivity index (χ1v) is 7.26. The fourth-order valence-corrected chi connectivity index (χ4v) is 2.84. The monoisotopic (exact) mass is 311 g/mol. The number of benzene rings is 1. The molecule has 2 N–H and O–H groups in total. The molecule has 2 rings (SSSR count). The third kappa shape index (κ3) is 3.88. The Hall–Kier alpha value is -1.75. The summed E-state index contributed by atoms with van der Waals surface area (Å²) in [5, 5.41) is 12.4. The smallest absolute Gasteiger partial charge is 0.306 e. The lowest BCUT2D eigenvalue weighted by molar-refractivity contribution is -0.143. The first-order valence-electron chi connectivity index (χ1n) is 6.88. The summed E-state index contributed by atoms with van der Waals surface area (Å²) in [6.45, 7) is 0. The van der Waals surface area contributed by atoms with Gasteiger partial charge in [0.05, 0.1) is 18.6 Å². The van der Waals surface area contributed by atoms with Crippen molar-refractivity contribution in [2.45, 2.75) is 31.7 Å². The van der Waals surface area contributed by atoms with E-state index in [1.165, 1.54) is 7.11 Å². The third-order valence-electron chi connectivity index (χ3n) is 3.76. The number of carboxylic acid groups (broad SMARTS) is 1. The van der Waals surface area contributed by atoms with Gasteiger partial charge in [-0.1, -0.05) is 18.0 Å². The molecule has 0 aliphatic heterocycles. The minimum Gasteiger partial charge on any atom is -0.496 e. The molecule has 0 radical (unpaired) electrons. The Bertz CT molecular complexity index is 546. The first kappa shape index (κ1) is 15.6. The minimum absolute atomic E-state index is 0.129. The Labute approximate surface area is 128 Å². The number of ether oxygens (including phenoxy) is 1. The Balaban J connectivity index is 2.07. The van der Waals surface area contributed by atoms with Crippen LogP contribution in [-0.4, -0.2) is 30.1 Å². The van der Waals surface area contributed by atoms with Crippen molar-refractivity contribution in [1.82, 2.24) is 5.32 Å². The highest BCUT2D eigenvalue weighted by molar-refractivity contribution is 6.31. The van der Waals surface area contributed by atoms with Crippen molar-refractivity contribution in [2.75, 3.05) is 7.11 Å². The molecule has 0 aromatic heterocycles. The number of carbonyl (C=O) groups excluding carboxylic acids is 1. The topological polar surface area (TPSA) is 75.6 Å². The molecule has 0 spiro atoms. The van der Waals surface area contributed by atoms with Gasteiger partial charge in [0.15, 0.2) is 0 Å². The van der Waals surface area contributed by atoms with E-state index in [4.69, 9.17) is 21.4 Å². The van der Waals surface area contributed by atoms with Gasteiger partial charge in [-0.15, -0.1) is 0 Å². The van der Waals surface area contributed by atoms with Crippen LogP contribution >= 0.6 is 11.6 Å². The molecular formula is C15H18ClNO4. The van der Waals surface area contributed by atoms with Gasteiger partial charge in [0.2, 0.25) is 0 Å². The number of carbonyl (C=O) groups is 2. The van der Waals surface area contributed by atoms with E-state index in [1.807, 2.05) is 0 Å². The summed E-state index contributed by atoms with van der Waals surface area (Å²) < 4.78 is 5.16. The molecule has 0 heterocycles. The number of rotatable bonds is 4. The van der Waals surface area contributed by atoms with E-state index < -0.39 is 5.97 Å². The lowest BCUT2D eigenvalue weighted by Crippen LogP contribution is -2.40. The van der Waals surface area contributed by atoms with Crippen molar-refractivity contribution in [2.24, 2.45) is 5.92 Å². The molecule has 114 valence electrons. The lowest BCUT2D eigenvalue weighted by Gasteiger charge is -2.27. The SMILES string of the molecule is COc1ccc(Cl)cc1C(=O)NC1CCCC(C(=O)O)C1. The summed E-state index contributed by atoms with van der Waals surface area (Å²) in [6.07, 6.45) is 2.72. The number of aliphatic carboxylic acids is 1. The van der Waals surface area contributed by atoms with Gasteiger partial charge in [0, 0.05) is 11.1 Å². The number of halogens is 1. The van der Waals surface area contributed by atoms with Gasteiger partial charge in [-0.2, -0.15) is 0 Å². The highest BCUT2D eigenvalue weighted by Crippen LogP contribution is 2.26. The van der Waals surface area contributed by atoms with Crippen LogP contribution in [0.4, 0.5) is 0 Å². The van der Waals surface area contributed by atoms with Crippen molar-refractivity contribution in [1.29, 1.82) is 0 Å². The summed E-state index contributed by atoms with van der Waals surface area (Å²) in [5.74, 6) is -1.02. The predicted octanol–water partition coefficient (Wildman–Crippen LogP) is 2.72. The van der Waals surface area contributed by atoms with Gasteiger partial charge in [-0.05, 0) is 37.5 Å². The normalized spacial score (nSPS) is 21.6. The fraction of sp³-hybridized carbons (Fsp3) is 0.467. The Morgan fingerprint density at radius 1 is 1.38 bits per heavy atom. The van der Waals surface area contributed by atoms with Crippen LogP contribution in [0.25, 0.3) is 0 Å². The highest BCUT2D eigenvalue weighted by Gasteiger charge is 2.28. The second-order valence-corrected chi connectivity index (χ2v) is 5.65. The van der Waals surface area contributed by atoms with Gasteiger partial charge < -0.3 is 15.2 Å². The molecule has 1 aromatic rings. The molecule has 2 atom stereocenters. The van der Waals surface area contributed by atoms with E-state index in [2.05, 4.69) is 5.32 Å². The van der Waals surface area contributed by atoms with Crippen molar-refractivity contribution in [3.63, 3.8) is 0 Å². The number of carboxylic acids is 1. The molecule has 1 saturated carbocycles. The van der Waals surface area contributed by atoms with E-state index in [0.29, 0.717) is 29.2 Å². The number of nitrogens with one attached hydrogen (secondary N) is 1. The van der Waals surface area contributed by atoms with E-state index in [1.54, 1.807) is 18.2 Å². The van der Waals surface area contributed by atoms with Crippen molar-refractivity contribution in [3.8, 4) is 5.75 Å². The summed E-state index contributed by atoms with van der Waals surface area (Å²) >= 11 is 5.91. The predicted molar refractivity (Wildman–Crippen MR) is 78.9 cm³/mol. The van der Waals surface area contributed by atoms with Gasteiger partial charge in [0.1, 0.15) is 5.75 Å². The van der Waals surface area contributed by atoms with Crippen molar-refractivity contribution < 1.29 is 19.4 Å². The second-order valence-electron chi connectivity index (χ2n) is 5.22. The molecule has 1 aliphatic rings. The van der Waals surface area contributed by atoms with E-state index in [0.717, 1.165) is 12.8 Å². The maximum atomic E-state index is 12.3. The van der Waals surface area contributed by atoms with Crippen LogP contribution in [0.3, 0.4) is 0 Å². The van der Waals surface area contributed by atoms with Gasteiger partial charge in [0.25, 0.3) is 5.91 Å². The third-order valence-corrected chi connectivity index (χ3v) is 4.00. The Kier molecular flexibility index (Phi) is 5.07. The first-order chi connectivity index (χ1) is 10.0. The standard InChI is InChI=1S/C15H18ClNO4/c1-21-13-6-5-10(16)8-12(13)14(18)17-11-4-2-3-9(7-11)15(19)20/h5-6,8-9,11H,2-4,7H2,1H3,(H,17,18)(H,19,20). The van der Waals surface area contributed by atoms with Crippen LogP contribution in [0.5, 0.6) is 5.75 Å². The molecule has 21 heavy (non-hydrogen) atoms. The van der Waals surface area contributed by atoms with Crippen LogP contribution in [0.15, 0.2) is 18.2 Å². The largest absolute Gasteiger partial charge is 0.496 e. The van der Waals surface area contributed by atoms with Crippen LogP contribution in [-0.2, 0) is 4.79 Å². The average molecular weight is 312 g/mol. The molecule has 0 bridgehead atoms. The number of hydrogen-bond donors (Lipinski definition) is 2. The fourth-order valence-electron chi connectivity index (χ4n) is 2.67. The molecular weight excluding hydrogens is 294 g/mol. The maximum Gasteiger partial charge on any atom is 0.306 e. The average Bonchev–Trinajstić information content (AvgIpc) is 2.47. The molecule has 2 unspecified atom stereocenters. The van der Waals surface area contributed by atoms with Gasteiger partial charge in [-0.3, -0.25) is 9.59 Å². The molecule has 1 aromatic carbocycles. The zero-order chi connectivity index (χ0) is 15.4. The van der Waals surface area contributed by atoms with E-state index in [9.17, 15) is 9.59 Å². The zero-order valence-electron chi connectivity index (χ0n) is 11.8. The summed E-state index contributed by atoms with van der Waals surface area (Å²) in [5.41, 5.74) is 0.363. The number of hydrogen-bond acceptors (Lipinski definition) is 3. The minimum atomic E-state index is -0.797. The van der Waals surface area contributed by atoms with E-state index >= 15 is 0 Å². The highest BCUT2D eigenvalue weighted by atomic mass is 35.5. The van der Waals surface area contributed by atoms with Crippen LogP contribution in [0, 0.1) is 5.92 Å². The zero-order valence-corrected chi connectivity index (χ0v) is 12.5. The quantitative estimate of drug-likeness (QED) is 0.896. The Morgan fingerprint density at radius 3 is 2.81 bits per heavy atom. The van der Waals surface area contributed by atoms with Gasteiger partial charge >= 0.3 is 5.97 Å². The molecule has 5 nitrogen and oxygen atoms in total. The summed E-state index contributed by atoms with van der Waals surface area (Å²) in [7, 11) is 1.49.